The van der Waals surface area contributed by atoms with Crippen molar-refractivity contribution >= 4 is 11.8 Å². The molecule has 30 heavy (non-hydrogen) atoms. The second-order valence-corrected chi connectivity index (χ2v) is 9.58. The molecule has 2 fully saturated rings. The molecule has 5 rings (SSSR count). The van der Waals surface area contributed by atoms with E-state index in [1.54, 1.807) is 11.8 Å². The molecule has 2 saturated heterocycles. The Labute approximate surface area is 181 Å². The Bertz CT molecular complexity index is 1020. The Balaban J connectivity index is 1.39. The molecule has 3 aromatic rings. The smallest absolute Gasteiger partial charge is 0.112 e. The van der Waals surface area contributed by atoms with Crippen LogP contribution >= 0.6 is 11.8 Å². The van der Waals surface area contributed by atoms with Gasteiger partial charge in [-0.05, 0) is 74.6 Å². The maximum absolute atomic E-state index is 10.6. The molecule has 0 amide bonds. The lowest BCUT2D eigenvalue weighted by Crippen LogP contribution is -2.51. The highest BCUT2D eigenvalue weighted by Crippen LogP contribution is 2.47. The molecule has 5 nitrogen and oxygen atoms in total. The van der Waals surface area contributed by atoms with E-state index in [2.05, 4.69) is 58.1 Å². The topological polar surface area (TPSA) is 73.3 Å². The predicted octanol–water partition coefficient (Wildman–Crippen LogP) is 4.19. The zero-order valence-electron chi connectivity index (χ0n) is 17.1. The Hall–Kier alpha value is -2.12. The number of hydrogen-bond donors (Lipinski definition) is 2. The zero-order chi connectivity index (χ0) is 20.7. The van der Waals surface area contributed by atoms with Gasteiger partial charge in [0, 0.05) is 33.3 Å². The van der Waals surface area contributed by atoms with Crippen molar-refractivity contribution in [1.29, 1.82) is 0 Å². The summed E-state index contributed by atoms with van der Waals surface area (Å²) in [6.45, 7) is 2.00. The van der Waals surface area contributed by atoms with Crippen molar-refractivity contribution in [3.05, 3.63) is 72.3 Å². The van der Waals surface area contributed by atoms with E-state index in [9.17, 15) is 5.11 Å². The molecule has 0 spiro atoms. The Kier molecular flexibility index (Phi) is 5.19. The second kappa shape index (κ2) is 7.85. The van der Waals surface area contributed by atoms with E-state index in [0.717, 1.165) is 47.7 Å². The lowest BCUT2D eigenvalue weighted by atomic mass is 9.70. The summed E-state index contributed by atoms with van der Waals surface area (Å²) in [5.41, 5.74) is 7.94. The zero-order valence-corrected chi connectivity index (χ0v) is 17.9. The molecular formula is C24H27N3O2S. The molecule has 156 valence electrons. The van der Waals surface area contributed by atoms with Crippen LogP contribution in [0, 0.1) is 6.92 Å². The van der Waals surface area contributed by atoms with Gasteiger partial charge in [-0.1, -0.05) is 23.9 Å². The number of nitrogens with two attached hydrogens (primary N) is 1. The number of hydrogen-bond acceptors (Lipinski definition) is 5. The van der Waals surface area contributed by atoms with Crippen LogP contribution in [-0.4, -0.2) is 33.1 Å². The minimum absolute atomic E-state index is 0.206. The van der Waals surface area contributed by atoms with E-state index in [-0.39, 0.29) is 12.2 Å². The molecule has 3 N–H and O–H groups in total. The number of imidazole rings is 1. The van der Waals surface area contributed by atoms with Crippen LogP contribution in [0.2, 0.25) is 0 Å². The van der Waals surface area contributed by atoms with E-state index < -0.39 is 11.6 Å². The molecule has 0 saturated carbocycles. The summed E-state index contributed by atoms with van der Waals surface area (Å²) in [4.78, 5) is 6.61. The first-order valence-corrected chi connectivity index (χ1v) is 11.3. The van der Waals surface area contributed by atoms with Crippen molar-refractivity contribution in [2.45, 2.75) is 66.2 Å². The maximum Gasteiger partial charge on any atom is 0.112 e. The van der Waals surface area contributed by atoms with Crippen molar-refractivity contribution in [3.63, 3.8) is 0 Å². The summed E-state index contributed by atoms with van der Waals surface area (Å²) in [5, 5.41) is 10.6. The lowest BCUT2D eigenvalue weighted by Gasteiger charge is -2.43. The van der Waals surface area contributed by atoms with Crippen LogP contribution in [0.15, 0.2) is 70.7 Å². The fourth-order valence-electron chi connectivity index (χ4n) is 4.96. The molecule has 2 aliphatic rings. The van der Waals surface area contributed by atoms with Crippen LogP contribution in [0.1, 0.15) is 37.1 Å². The molecule has 3 unspecified atom stereocenters. The Morgan fingerprint density at radius 2 is 1.87 bits per heavy atom. The summed E-state index contributed by atoms with van der Waals surface area (Å²) in [6.07, 6.45) is 7.01. The molecule has 0 aliphatic carbocycles. The number of benzene rings is 2. The molecule has 6 heteroatoms. The summed E-state index contributed by atoms with van der Waals surface area (Å²) in [5.74, 6) is 0.971. The van der Waals surface area contributed by atoms with Gasteiger partial charge in [-0.3, -0.25) is 0 Å². The molecule has 0 radical (unpaired) electrons. The van der Waals surface area contributed by atoms with Crippen molar-refractivity contribution in [1.82, 2.24) is 9.55 Å². The van der Waals surface area contributed by atoms with Crippen LogP contribution in [0.4, 0.5) is 0 Å². The largest absolute Gasteiger partial charge is 0.378 e. The quantitative estimate of drug-likeness (QED) is 0.605. The highest BCUT2D eigenvalue weighted by Gasteiger charge is 2.49. The molecule has 2 bridgehead atoms. The van der Waals surface area contributed by atoms with Gasteiger partial charge in [0.15, 0.2) is 0 Å². The van der Waals surface area contributed by atoms with Crippen LogP contribution in [0.25, 0.3) is 5.69 Å². The van der Waals surface area contributed by atoms with Gasteiger partial charge in [0.2, 0.25) is 0 Å². The average Bonchev–Trinajstić information content (AvgIpc) is 3.33. The van der Waals surface area contributed by atoms with E-state index in [1.165, 1.54) is 4.90 Å². The van der Waals surface area contributed by atoms with Crippen molar-refractivity contribution in [2.75, 3.05) is 0 Å². The first kappa shape index (κ1) is 19.8. The van der Waals surface area contributed by atoms with Gasteiger partial charge < -0.3 is 20.1 Å². The fraction of sp³-hybridized carbons (Fsp3) is 0.375. The molecule has 2 aromatic carbocycles. The van der Waals surface area contributed by atoms with Gasteiger partial charge in [0.05, 0.1) is 12.2 Å². The molecule has 3 heterocycles. The Morgan fingerprint density at radius 1 is 1.13 bits per heavy atom. The molecule has 2 aliphatic heterocycles. The molecule has 1 aromatic heterocycles. The maximum atomic E-state index is 10.6. The second-order valence-electron chi connectivity index (χ2n) is 8.43. The van der Waals surface area contributed by atoms with E-state index >= 15 is 0 Å². The fourth-order valence-corrected chi connectivity index (χ4v) is 5.83. The van der Waals surface area contributed by atoms with Crippen LogP contribution in [0.3, 0.4) is 0 Å². The first-order valence-electron chi connectivity index (χ1n) is 10.5. The number of aromatic nitrogens is 2. The van der Waals surface area contributed by atoms with E-state index in [0.29, 0.717) is 0 Å². The standard InChI is InChI=1S/C24H27N3O2S/c1-16-26-11-12-27(16)18-5-9-21(10-6-18)30-22-4-2-3-17(13-22)24(23(25)28)14-19-7-8-20(15-24)29-19/h2-6,9-13,19-20,23,28H,7-8,14-15,25H2,1H3/t19-,20?,23?,24?/m1/s1. The average molecular weight is 422 g/mol. The number of rotatable bonds is 5. The van der Waals surface area contributed by atoms with Gasteiger partial charge in [-0.25, -0.2) is 4.98 Å². The number of aryl methyl sites for hydroxylation is 1. The predicted molar refractivity (Wildman–Crippen MR) is 118 cm³/mol. The van der Waals surface area contributed by atoms with Crippen LogP contribution in [-0.2, 0) is 10.2 Å². The monoisotopic (exact) mass is 421 g/mol. The minimum atomic E-state index is -0.887. The summed E-state index contributed by atoms with van der Waals surface area (Å²) >= 11 is 1.72. The molecule has 4 atom stereocenters. The lowest BCUT2D eigenvalue weighted by molar-refractivity contribution is -0.0689. The third-order valence-electron chi connectivity index (χ3n) is 6.53. The van der Waals surface area contributed by atoms with Crippen LogP contribution in [0.5, 0.6) is 0 Å². The van der Waals surface area contributed by atoms with Gasteiger partial charge in [0.1, 0.15) is 12.1 Å². The van der Waals surface area contributed by atoms with Crippen molar-refractivity contribution in [2.24, 2.45) is 5.73 Å². The molecular weight excluding hydrogens is 394 g/mol. The van der Waals surface area contributed by atoms with E-state index in [1.807, 2.05) is 19.3 Å². The van der Waals surface area contributed by atoms with E-state index in [4.69, 9.17) is 10.5 Å². The number of nitrogens with zero attached hydrogens (tertiary/aromatic N) is 2. The van der Waals surface area contributed by atoms with Crippen molar-refractivity contribution < 1.29 is 9.84 Å². The van der Waals surface area contributed by atoms with Gasteiger partial charge >= 0.3 is 0 Å². The number of fused-ring (bicyclic) bond motifs is 2. The SMILES string of the molecule is Cc1nccn1-c1ccc(Sc2cccc(C3(C(N)O)CC4CC[C@H](C3)O4)c2)cc1. The van der Waals surface area contributed by atoms with Crippen molar-refractivity contribution in [3.8, 4) is 5.69 Å². The van der Waals surface area contributed by atoms with Gasteiger partial charge in [0.25, 0.3) is 0 Å². The highest BCUT2D eigenvalue weighted by atomic mass is 32.2. The number of aliphatic hydroxyl groups excluding tert-OH is 1. The Morgan fingerprint density at radius 3 is 2.50 bits per heavy atom. The van der Waals surface area contributed by atoms with Gasteiger partial charge in [-0.15, -0.1) is 0 Å². The summed E-state index contributed by atoms with van der Waals surface area (Å²) in [6, 6.07) is 17.0. The normalized spacial score (nSPS) is 26.6. The summed E-state index contributed by atoms with van der Waals surface area (Å²) < 4.78 is 8.09. The summed E-state index contributed by atoms with van der Waals surface area (Å²) in [7, 11) is 0. The first-order chi connectivity index (χ1) is 14.5. The third-order valence-corrected chi connectivity index (χ3v) is 7.53. The number of aliphatic hydroxyl groups is 1. The van der Waals surface area contributed by atoms with Gasteiger partial charge in [-0.2, -0.15) is 0 Å². The number of ether oxygens (including phenoxy) is 1. The minimum Gasteiger partial charge on any atom is -0.378 e. The van der Waals surface area contributed by atoms with Crippen LogP contribution < -0.4 is 5.73 Å². The third kappa shape index (κ3) is 3.58. The highest BCUT2D eigenvalue weighted by molar-refractivity contribution is 7.99.